The summed E-state index contributed by atoms with van der Waals surface area (Å²) in [6, 6.07) is 8.15. The van der Waals surface area contributed by atoms with Gasteiger partial charge in [-0.3, -0.25) is 0 Å². The van der Waals surface area contributed by atoms with Crippen molar-refractivity contribution in [3.05, 3.63) is 34.3 Å². The Balaban J connectivity index is 2.40. The lowest BCUT2D eigenvalue weighted by atomic mass is 9.97. The molecule has 1 fully saturated rings. The lowest BCUT2D eigenvalue weighted by Crippen LogP contribution is -2.12. The maximum absolute atomic E-state index is 9.21. The predicted octanol–water partition coefficient (Wildman–Crippen LogP) is 2.47. The molecule has 0 atom stereocenters. The van der Waals surface area contributed by atoms with E-state index in [-0.39, 0.29) is 12.0 Å². The monoisotopic (exact) mass is 226 g/mol. The zero-order valence-electron chi connectivity index (χ0n) is 6.76. The van der Waals surface area contributed by atoms with Crippen LogP contribution in [0, 0.1) is 0 Å². The summed E-state index contributed by atoms with van der Waals surface area (Å²) in [5, 5.41) is 9.21. The average Bonchev–Trinajstić information content (AvgIpc) is 2.86. The molecule has 1 aromatic carbocycles. The van der Waals surface area contributed by atoms with E-state index in [1.165, 1.54) is 5.56 Å². The van der Waals surface area contributed by atoms with E-state index < -0.39 is 0 Å². The molecule has 12 heavy (non-hydrogen) atoms. The Morgan fingerprint density at radius 3 is 2.50 bits per heavy atom. The molecule has 0 unspecified atom stereocenters. The van der Waals surface area contributed by atoms with E-state index in [0.29, 0.717) is 0 Å². The Kier molecular flexibility index (Phi) is 1.97. The highest BCUT2D eigenvalue weighted by Crippen LogP contribution is 2.49. The van der Waals surface area contributed by atoms with Crippen LogP contribution < -0.4 is 0 Å². The van der Waals surface area contributed by atoms with Gasteiger partial charge in [-0.2, -0.15) is 0 Å². The van der Waals surface area contributed by atoms with Crippen LogP contribution in [0.15, 0.2) is 28.7 Å². The van der Waals surface area contributed by atoms with Crippen molar-refractivity contribution in [1.82, 2.24) is 0 Å². The molecule has 1 aliphatic rings. The van der Waals surface area contributed by atoms with Crippen LogP contribution in [0.5, 0.6) is 0 Å². The molecule has 64 valence electrons. The fourth-order valence-corrected chi connectivity index (χ4v) is 2.26. The van der Waals surface area contributed by atoms with E-state index in [4.69, 9.17) is 0 Å². The van der Waals surface area contributed by atoms with Gasteiger partial charge in [0.2, 0.25) is 0 Å². The van der Waals surface area contributed by atoms with Gasteiger partial charge in [0.1, 0.15) is 0 Å². The van der Waals surface area contributed by atoms with E-state index in [1.807, 2.05) is 18.2 Å². The highest BCUT2D eigenvalue weighted by atomic mass is 79.9. The number of rotatable bonds is 2. The van der Waals surface area contributed by atoms with Crippen LogP contribution in [0.2, 0.25) is 0 Å². The topological polar surface area (TPSA) is 20.2 Å². The molecule has 0 radical (unpaired) electrons. The molecular weight excluding hydrogens is 216 g/mol. The van der Waals surface area contributed by atoms with E-state index in [1.54, 1.807) is 0 Å². The van der Waals surface area contributed by atoms with Gasteiger partial charge >= 0.3 is 0 Å². The van der Waals surface area contributed by atoms with Crippen molar-refractivity contribution >= 4 is 15.9 Å². The van der Waals surface area contributed by atoms with E-state index in [2.05, 4.69) is 22.0 Å². The summed E-state index contributed by atoms with van der Waals surface area (Å²) in [5.41, 5.74) is 1.34. The second kappa shape index (κ2) is 2.86. The van der Waals surface area contributed by atoms with Crippen molar-refractivity contribution in [1.29, 1.82) is 0 Å². The van der Waals surface area contributed by atoms with Crippen LogP contribution >= 0.6 is 15.9 Å². The molecule has 0 amide bonds. The molecule has 1 saturated carbocycles. The zero-order chi connectivity index (χ0) is 8.60. The summed E-state index contributed by atoms with van der Waals surface area (Å²) in [7, 11) is 0. The lowest BCUT2D eigenvalue weighted by molar-refractivity contribution is 0.254. The highest BCUT2D eigenvalue weighted by Gasteiger charge is 2.44. The van der Waals surface area contributed by atoms with Crippen molar-refractivity contribution < 1.29 is 5.11 Å². The zero-order valence-corrected chi connectivity index (χ0v) is 8.34. The van der Waals surface area contributed by atoms with Gasteiger partial charge in [-0.15, -0.1) is 0 Å². The van der Waals surface area contributed by atoms with Crippen LogP contribution in [0.1, 0.15) is 18.4 Å². The van der Waals surface area contributed by atoms with Gasteiger partial charge < -0.3 is 5.11 Å². The number of aliphatic hydroxyl groups is 1. The Bertz CT molecular complexity index is 292. The SMILES string of the molecule is OCC1(c2ccccc2Br)CC1. The van der Waals surface area contributed by atoms with E-state index in [9.17, 15) is 5.11 Å². The molecule has 0 aromatic heterocycles. The largest absolute Gasteiger partial charge is 0.395 e. The molecule has 2 rings (SSSR count). The number of aliphatic hydroxyl groups excluding tert-OH is 1. The fourth-order valence-electron chi connectivity index (χ4n) is 1.55. The maximum atomic E-state index is 9.21. The first kappa shape index (κ1) is 8.27. The third-order valence-electron chi connectivity index (χ3n) is 2.60. The van der Waals surface area contributed by atoms with Gasteiger partial charge in [0, 0.05) is 9.89 Å². The third kappa shape index (κ3) is 1.19. The summed E-state index contributed by atoms with van der Waals surface area (Å²) < 4.78 is 1.12. The summed E-state index contributed by atoms with van der Waals surface area (Å²) in [5.74, 6) is 0. The van der Waals surface area contributed by atoms with Crippen molar-refractivity contribution in [3.63, 3.8) is 0 Å². The first-order valence-electron chi connectivity index (χ1n) is 4.14. The normalized spacial score (nSPS) is 19.2. The third-order valence-corrected chi connectivity index (χ3v) is 3.29. The van der Waals surface area contributed by atoms with Crippen LogP contribution in [0.25, 0.3) is 0 Å². The summed E-state index contributed by atoms with van der Waals surface area (Å²) in [6.45, 7) is 0.273. The summed E-state index contributed by atoms with van der Waals surface area (Å²) in [6.07, 6.45) is 2.23. The second-order valence-corrected chi connectivity index (χ2v) is 4.27. The van der Waals surface area contributed by atoms with Gasteiger partial charge in [0.25, 0.3) is 0 Å². The minimum atomic E-state index is 0.0834. The van der Waals surface area contributed by atoms with Crippen LogP contribution in [0.3, 0.4) is 0 Å². The number of hydrogen-bond donors (Lipinski definition) is 1. The summed E-state index contributed by atoms with van der Waals surface area (Å²) >= 11 is 3.50. The van der Waals surface area contributed by atoms with E-state index in [0.717, 1.165) is 17.3 Å². The minimum absolute atomic E-state index is 0.0834. The first-order valence-corrected chi connectivity index (χ1v) is 4.94. The van der Waals surface area contributed by atoms with Crippen molar-refractivity contribution in [3.8, 4) is 0 Å². The van der Waals surface area contributed by atoms with Crippen LogP contribution in [0.4, 0.5) is 0 Å². The van der Waals surface area contributed by atoms with E-state index >= 15 is 0 Å². The Morgan fingerprint density at radius 1 is 1.33 bits per heavy atom. The van der Waals surface area contributed by atoms with Crippen molar-refractivity contribution in [2.75, 3.05) is 6.61 Å². The molecule has 0 aliphatic heterocycles. The molecular formula is C10H11BrO. The quantitative estimate of drug-likeness (QED) is 0.822. The number of benzene rings is 1. The smallest absolute Gasteiger partial charge is 0.0528 e. The molecule has 0 spiro atoms. The molecule has 0 heterocycles. The van der Waals surface area contributed by atoms with Gasteiger partial charge in [-0.05, 0) is 24.5 Å². The number of hydrogen-bond acceptors (Lipinski definition) is 1. The molecule has 0 bridgehead atoms. The molecule has 1 aromatic rings. The van der Waals surface area contributed by atoms with Gasteiger partial charge in [0.05, 0.1) is 6.61 Å². The number of halogens is 1. The fraction of sp³-hybridized carbons (Fsp3) is 0.400. The molecule has 2 heteroatoms. The average molecular weight is 227 g/mol. The Labute approximate surface area is 80.5 Å². The second-order valence-electron chi connectivity index (χ2n) is 3.42. The molecule has 0 saturated heterocycles. The molecule has 1 aliphatic carbocycles. The highest BCUT2D eigenvalue weighted by molar-refractivity contribution is 9.10. The molecule has 1 nitrogen and oxygen atoms in total. The summed E-state index contributed by atoms with van der Waals surface area (Å²) in [4.78, 5) is 0. The lowest BCUT2D eigenvalue weighted by Gasteiger charge is -2.13. The maximum Gasteiger partial charge on any atom is 0.0528 e. The minimum Gasteiger partial charge on any atom is -0.395 e. The van der Waals surface area contributed by atoms with Crippen LogP contribution in [-0.4, -0.2) is 11.7 Å². The van der Waals surface area contributed by atoms with Crippen molar-refractivity contribution in [2.24, 2.45) is 0 Å². The van der Waals surface area contributed by atoms with Crippen LogP contribution in [-0.2, 0) is 5.41 Å². The molecule has 1 N–H and O–H groups in total. The first-order chi connectivity index (χ1) is 5.78. The van der Waals surface area contributed by atoms with Gasteiger partial charge in [-0.25, -0.2) is 0 Å². The van der Waals surface area contributed by atoms with Gasteiger partial charge in [0.15, 0.2) is 0 Å². The van der Waals surface area contributed by atoms with Crippen molar-refractivity contribution in [2.45, 2.75) is 18.3 Å². The standard InChI is InChI=1S/C10H11BrO/c11-9-4-2-1-3-8(9)10(7-12)5-6-10/h1-4,12H,5-7H2. The predicted molar refractivity (Wildman–Crippen MR) is 52.1 cm³/mol. The Morgan fingerprint density at radius 2 is 2.00 bits per heavy atom. The Hall–Kier alpha value is -0.340. The van der Waals surface area contributed by atoms with Gasteiger partial charge in [-0.1, -0.05) is 34.1 Å².